The summed E-state index contributed by atoms with van der Waals surface area (Å²) in [5.74, 6) is -0.632. The molecule has 2 rings (SSSR count). The summed E-state index contributed by atoms with van der Waals surface area (Å²) in [5.41, 5.74) is 2.31. The zero-order valence-electron chi connectivity index (χ0n) is 14.3. The second-order valence-electron chi connectivity index (χ2n) is 5.55. The number of aromatic nitrogens is 2. The lowest BCUT2D eigenvalue weighted by molar-refractivity contribution is -0.134. The monoisotopic (exact) mass is 331 g/mol. The zero-order chi connectivity index (χ0) is 17.7. The van der Waals surface area contributed by atoms with Gasteiger partial charge in [-0.25, -0.2) is 9.78 Å². The summed E-state index contributed by atoms with van der Waals surface area (Å²) in [7, 11) is 1.30. The van der Waals surface area contributed by atoms with Gasteiger partial charge in [-0.2, -0.15) is 0 Å². The molecule has 0 spiro atoms. The van der Waals surface area contributed by atoms with Gasteiger partial charge in [-0.05, 0) is 18.4 Å². The van der Waals surface area contributed by atoms with Crippen LogP contribution in [-0.4, -0.2) is 35.7 Å². The molecule has 0 atom stereocenters. The van der Waals surface area contributed by atoms with Gasteiger partial charge in [-0.15, -0.1) is 0 Å². The molecule has 0 saturated carbocycles. The normalized spacial score (nSPS) is 11.4. The van der Waals surface area contributed by atoms with Crippen molar-refractivity contribution in [3.05, 3.63) is 35.2 Å². The van der Waals surface area contributed by atoms with Crippen molar-refractivity contribution in [3.63, 3.8) is 0 Å². The lowest BCUT2D eigenvalue weighted by Crippen LogP contribution is -2.24. The summed E-state index contributed by atoms with van der Waals surface area (Å²) < 4.78 is 9.79. The van der Waals surface area contributed by atoms with Crippen LogP contribution < -0.4 is 5.32 Å². The van der Waals surface area contributed by atoms with Gasteiger partial charge in [0.2, 0.25) is 0 Å². The number of esters is 1. The molecule has 1 N–H and O–H groups in total. The highest BCUT2D eigenvalue weighted by molar-refractivity contribution is 6.06. The molecule has 0 radical (unpaired) electrons. The summed E-state index contributed by atoms with van der Waals surface area (Å²) in [6.45, 7) is 6.12. The largest absolute Gasteiger partial charge is 0.466 e. The van der Waals surface area contributed by atoms with Crippen molar-refractivity contribution in [2.24, 2.45) is 0 Å². The number of methoxy groups -OCH3 is 1. The molecule has 7 nitrogen and oxygen atoms in total. The van der Waals surface area contributed by atoms with Crippen LogP contribution in [0.4, 0.5) is 0 Å². The maximum absolute atomic E-state index is 12.6. The summed E-state index contributed by atoms with van der Waals surface area (Å²) in [6, 6.07) is 1.75. The second-order valence-corrected chi connectivity index (χ2v) is 5.55. The molecular weight excluding hydrogens is 310 g/mol. The smallest absolute Gasteiger partial charge is 0.330 e. The number of aryl methyl sites for hydroxylation is 1. The Hall–Kier alpha value is -2.70. The van der Waals surface area contributed by atoms with Crippen LogP contribution in [-0.2, 0) is 16.0 Å². The van der Waals surface area contributed by atoms with Crippen molar-refractivity contribution in [2.75, 3.05) is 13.7 Å². The number of rotatable bonds is 6. The summed E-state index contributed by atoms with van der Waals surface area (Å²) >= 11 is 0. The fourth-order valence-corrected chi connectivity index (χ4v) is 2.25. The number of carbonyl (C=O) groups excluding carboxylic acids is 2. The number of nitrogens with zero attached hydrogens (tertiary/aromatic N) is 2. The lowest BCUT2D eigenvalue weighted by Gasteiger charge is -2.07. The Labute approximate surface area is 140 Å². The number of nitrogens with one attached hydrogen (secondary N) is 1. The molecule has 0 saturated heterocycles. The van der Waals surface area contributed by atoms with E-state index in [0.717, 1.165) is 5.69 Å². The van der Waals surface area contributed by atoms with Gasteiger partial charge in [-0.3, -0.25) is 4.79 Å². The van der Waals surface area contributed by atoms with Crippen LogP contribution in [0.15, 0.2) is 22.7 Å². The molecule has 2 heterocycles. The van der Waals surface area contributed by atoms with Crippen LogP contribution in [0, 0.1) is 0 Å². The van der Waals surface area contributed by atoms with Crippen LogP contribution in [0.25, 0.3) is 11.1 Å². The number of ether oxygens (including phenoxy) is 1. The molecule has 0 aliphatic rings. The average molecular weight is 331 g/mol. The van der Waals surface area contributed by atoms with E-state index < -0.39 is 5.97 Å². The predicted molar refractivity (Wildman–Crippen MR) is 88.8 cm³/mol. The molecule has 0 aliphatic heterocycles. The standard InChI is InChI=1S/C17H21N3O4/c1-5-11-9-12(16(22)18-8-6-7-13(21)23-4)14-15(10(2)3)20-24-17(14)19-11/h6-7,9-10H,5,8H2,1-4H3,(H,18,22)/b7-6+. The molecule has 0 unspecified atom stereocenters. The van der Waals surface area contributed by atoms with Gasteiger partial charge >= 0.3 is 5.97 Å². The summed E-state index contributed by atoms with van der Waals surface area (Å²) in [4.78, 5) is 28.0. The first-order valence-corrected chi connectivity index (χ1v) is 7.79. The van der Waals surface area contributed by atoms with Crippen molar-refractivity contribution in [2.45, 2.75) is 33.1 Å². The third-order valence-corrected chi connectivity index (χ3v) is 3.52. The maximum Gasteiger partial charge on any atom is 0.330 e. The van der Waals surface area contributed by atoms with Gasteiger partial charge in [0.1, 0.15) is 0 Å². The van der Waals surface area contributed by atoms with Crippen LogP contribution in [0.1, 0.15) is 48.4 Å². The summed E-state index contributed by atoms with van der Waals surface area (Å²) in [6.07, 6.45) is 3.47. The first-order valence-electron chi connectivity index (χ1n) is 7.79. The number of carbonyl (C=O) groups is 2. The Morgan fingerprint density at radius 2 is 2.17 bits per heavy atom. The van der Waals surface area contributed by atoms with E-state index in [1.807, 2.05) is 20.8 Å². The quantitative estimate of drug-likeness (QED) is 0.645. The number of hydrogen-bond acceptors (Lipinski definition) is 6. The highest BCUT2D eigenvalue weighted by atomic mass is 16.5. The predicted octanol–water partition coefficient (Wildman–Crippen LogP) is 2.37. The van der Waals surface area contributed by atoms with E-state index >= 15 is 0 Å². The molecule has 24 heavy (non-hydrogen) atoms. The third-order valence-electron chi connectivity index (χ3n) is 3.52. The van der Waals surface area contributed by atoms with E-state index in [4.69, 9.17) is 4.52 Å². The molecule has 0 fully saturated rings. The van der Waals surface area contributed by atoms with Crippen molar-refractivity contribution in [1.29, 1.82) is 0 Å². The van der Waals surface area contributed by atoms with Crippen LogP contribution >= 0.6 is 0 Å². The van der Waals surface area contributed by atoms with Crippen molar-refractivity contribution < 1.29 is 18.8 Å². The number of hydrogen-bond donors (Lipinski definition) is 1. The van der Waals surface area contributed by atoms with Gasteiger partial charge in [-0.1, -0.05) is 32.0 Å². The Kier molecular flexibility index (Phi) is 5.68. The van der Waals surface area contributed by atoms with Crippen LogP contribution in [0.5, 0.6) is 0 Å². The number of pyridine rings is 1. The minimum absolute atomic E-state index is 0.103. The van der Waals surface area contributed by atoms with Gasteiger partial charge in [0.25, 0.3) is 11.6 Å². The third kappa shape index (κ3) is 3.79. The van der Waals surface area contributed by atoms with Crippen molar-refractivity contribution in [3.8, 4) is 0 Å². The molecule has 7 heteroatoms. The van der Waals surface area contributed by atoms with Crippen LogP contribution in [0.3, 0.4) is 0 Å². The van der Waals surface area contributed by atoms with Crippen molar-refractivity contribution >= 4 is 23.0 Å². The zero-order valence-corrected chi connectivity index (χ0v) is 14.3. The Bertz CT molecular complexity index is 777. The molecule has 2 aromatic rings. The fraction of sp³-hybridized carbons (Fsp3) is 0.412. The minimum atomic E-state index is -0.468. The van der Waals surface area contributed by atoms with Crippen LogP contribution in [0.2, 0.25) is 0 Å². The molecule has 0 bridgehead atoms. The lowest BCUT2D eigenvalue weighted by atomic mass is 10.0. The maximum atomic E-state index is 12.6. The number of fused-ring (bicyclic) bond motifs is 1. The topological polar surface area (TPSA) is 94.3 Å². The Balaban J connectivity index is 2.31. The first-order chi connectivity index (χ1) is 11.5. The molecule has 0 aliphatic carbocycles. The Morgan fingerprint density at radius 3 is 2.79 bits per heavy atom. The molecule has 128 valence electrons. The number of amides is 1. The van der Waals surface area contributed by atoms with E-state index in [9.17, 15) is 9.59 Å². The SMILES string of the molecule is CCc1cc(C(=O)NC/C=C/C(=O)OC)c2c(C(C)C)noc2n1. The second kappa shape index (κ2) is 7.72. The highest BCUT2D eigenvalue weighted by Gasteiger charge is 2.21. The van der Waals surface area contributed by atoms with E-state index in [1.165, 1.54) is 19.3 Å². The average Bonchev–Trinajstić information content (AvgIpc) is 3.01. The first kappa shape index (κ1) is 17.7. The molecule has 0 aromatic carbocycles. The van der Waals surface area contributed by atoms with E-state index in [-0.39, 0.29) is 18.4 Å². The molecule has 2 aromatic heterocycles. The van der Waals surface area contributed by atoms with E-state index in [2.05, 4.69) is 20.2 Å². The van der Waals surface area contributed by atoms with E-state index in [0.29, 0.717) is 28.8 Å². The van der Waals surface area contributed by atoms with Gasteiger partial charge in [0.15, 0.2) is 0 Å². The minimum Gasteiger partial charge on any atom is -0.466 e. The molecule has 1 amide bonds. The Morgan fingerprint density at radius 1 is 1.42 bits per heavy atom. The molecular formula is C17H21N3O4. The van der Waals surface area contributed by atoms with Gasteiger partial charge < -0.3 is 14.6 Å². The van der Waals surface area contributed by atoms with Gasteiger partial charge in [0.05, 0.1) is 23.8 Å². The van der Waals surface area contributed by atoms with Crippen molar-refractivity contribution in [1.82, 2.24) is 15.5 Å². The van der Waals surface area contributed by atoms with E-state index in [1.54, 1.807) is 6.07 Å². The summed E-state index contributed by atoms with van der Waals surface area (Å²) in [5, 5.41) is 7.43. The fourth-order valence-electron chi connectivity index (χ4n) is 2.25. The van der Waals surface area contributed by atoms with Gasteiger partial charge in [0, 0.05) is 18.3 Å². The highest BCUT2D eigenvalue weighted by Crippen LogP contribution is 2.27.